The summed E-state index contributed by atoms with van der Waals surface area (Å²) in [6.45, 7) is 6.75. The molecule has 1 amide bonds. The van der Waals surface area contributed by atoms with E-state index in [0.29, 0.717) is 17.6 Å². The number of hydrogen-bond acceptors (Lipinski definition) is 5. The van der Waals surface area contributed by atoms with Crippen molar-refractivity contribution in [2.24, 2.45) is 0 Å². The molecule has 0 aromatic carbocycles. The second-order valence-electron chi connectivity index (χ2n) is 6.37. The van der Waals surface area contributed by atoms with Crippen molar-refractivity contribution in [2.45, 2.75) is 39.5 Å². The molecule has 0 saturated carbocycles. The van der Waals surface area contributed by atoms with Crippen molar-refractivity contribution in [2.75, 3.05) is 5.32 Å². The van der Waals surface area contributed by atoms with Crippen LogP contribution in [0.3, 0.4) is 0 Å². The van der Waals surface area contributed by atoms with Crippen molar-refractivity contribution < 1.29 is 22.7 Å². The number of halogens is 4. The Morgan fingerprint density at radius 2 is 1.85 bits per heavy atom. The Morgan fingerprint density at radius 3 is 2.35 bits per heavy atom. The zero-order chi connectivity index (χ0) is 19.7. The minimum atomic E-state index is -4.55. The highest BCUT2D eigenvalue weighted by molar-refractivity contribution is 6.32. The second-order valence-corrected chi connectivity index (χ2v) is 6.78. The molecule has 2 rings (SSSR count). The SMILES string of the molecule is Cc1nc(-c2ncc(C(F)(F)F)cc2Cl)ncc1NC(=O)OC(C)(C)C. The van der Waals surface area contributed by atoms with Gasteiger partial charge in [0.2, 0.25) is 0 Å². The molecule has 1 N–H and O–H groups in total. The number of hydrogen-bond donors (Lipinski definition) is 1. The number of anilines is 1. The van der Waals surface area contributed by atoms with E-state index in [0.717, 1.165) is 6.07 Å². The largest absolute Gasteiger partial charge is 0.444 e. The molecule has 0 bridgehead atoms. The standard InChI is InChI=1S/C16H16ClF3N4O2/c1-8-11(24-14(25)26-15(2,3)4)7-22-13(23-8)12-10(17)5-9(6-21-12)16(18,19)20/h5-7H,1-4H3,(H,24,25). The minimum Gasteiger partial charge on any atom is -0.444 e. The van der Waals surface area contributed by atoms with Crippen LogP contribution in [0.4, 0.5) is 23.7 Å². The summed E-state index contributed by atoms with van der Waals surface area (Å²) in [5.74, 6) is 0.0379. The fraction of sp³-hybridized carbons (Fsp3) is 0.375. The lowest BCUT2D eigenvalue weighted by Gasteiger charge is -2.20. The van der Waals surface area contributed by atoms with E-state index in [1.54, 1.807) is 27.7 Å². The Labute approximate surface area is 152 Å². The predicted molar refractivity (Wildman–Crippen MR) is 89.9 cm³/mol. The first-order valence-corrected chi connectivity index (χ1v) is 7.81. The van der Waals surface area contributed by atoms with Crippen LogP contribution < -0.4 is 5.32 Å². The number of alkyl halides is 3. The molecule has 2 aromatic rings. The zero-order valence-electron chi connectivity index (χ0n) is 14.4. The Hall–Kier alpha value is -2.42. The first-order valence-electron chi connectivity index (χ1n) is 7.43. The first-order chi connectivity index (χ1) is 11.9. The third-order valence-corrected chi connectivity index (χ3v) is 3.28. The van der Waals surface area contributed by atoms with Gasteiger partial charge in [-0.1, -0.05) is 11.6 Å². The van der Waals surface area contributed by atoms with E-state index in [2.05, 4.69) is 20.3 Å². The number of nitrogens with one attached hydrogen (secondary N) is 1. The highest BCUT2D eigenvalue weighted by atomic mass is 35.5. The lowest BCUT2D eigenvalue weighted by Crippen LogP contribution is -2.27. The average Bonchev–Trinajstić information content (AvgIpc) is 2.46. The number of nitrogens with zero attached hydrogens (tertiary/aromatic N) is 3. The number of aryl methyl sites for hydroxylation is 1. The van der Waals surface area contributed by atoms with Crippen LogP contribution in [0.2, 0.25) is 5.02 Å². The fourth-order valence-corrected chi connectivity index (χ4v) is 2.13. The van der Waals surface area contributed by atoms with E-state index in [-0.39, 0.29) is 16.5 Å². The van der Waals surface area contributed by atoms with Crippen molar-refractivity contribution in [3.05, 3.63) is 34.7 Å². The molecule has 0 aliphatic carbocycles. The van der Waals surface area contributed by atoms with Gasteiger partial charge >= 0.3 is 12.3 Å². The zero-order valence-corrected chi connectivity index (χ0v) is 15.2. The number of pyridine rings is 1. The Kier molecular flexibility index (Phi) is 5.41. The summed E-state index contributed by atoms with van der Waals surface area (Å²) < 4.78 is 43.2. The van der Waals surface area contributed by atoms with Gasteiger partial charge in [-0.05, 0) is 33.8 Å². The van der Waals surface area contributed by atoms with Gasteiger partial charge in [-0.3, -0.25) is 10.3 Å². The van der Waals surface area contributed by atoms with Crippen LogP contribution in [0.25, 0.3) is 11.5 Å². The van der Waals surface area contributed by atoms with Crippen LogP contribution in [0.15, 0.2) is 18.5 Å². The van der Waals surface area contributed by atoms with Gasteiger partial charge in [0.15, 0.2) is 5.82 Å². The molecule has 0 aliphatic rings. The van der Waals surface area contributed by atoms with Gasteiger partial charge in [-0.2, -0.15) is 13.2 Å². The summed E-state index contributed by atoms with van der Waals surface area (Å²) in [7, 11) is 0. The quantitative estimate of drug-likeness (QED) is 0.794. The van der Waals surface area contributed by atoms with Crippen LogP contribution in [-0.2, 0) is 10.9 Å². The second kappa shape index (κ2) is 7.06. The smallest absolute Gasteiger partial charge is 0.417 e. The van der Waals surface area contributed by atoms with Gasteiger partial charge < -0.3 is 4.74 Å². The van der Waals surface area contributed by atoms with Crippen molar-refractivity contribution in [1.82, 2.24) is 15.0 Å². The van der Waals surface area contributed by atoms with Crippen LogP contribution >= 0.6 is 11.6 Å². The lowest BCUT2D eigenvalue weighted by atomic mass is 10.2. The molecule has 0 radical (unpaired) electrons. The third-order valence-electron chi connectivity index (χ3n) is 3.00. The van der Waals surface area contributed by atoms with Crippen molar-refractivity contribution >= 4 is 23.4 Å². The number of amides is 1. The average molecular weight is 389 g/mol. The topological polar surface area (TPSA) is 77.0 Å². The molecule has 26 heavy (non-hydrogen) atoms. The molecule has 6 nitrogen and oxygen atoms in total. The maximum Gasteiger partial charge on any atom is 0.417 e. The highest BCUT2D eigenvalue weighted by Gasteiger charge is 2.32. The molecule has 2 heterocycles. The normalized spacial score (nSPS) is 12.0. The van der Waals surface area contributed by atoms with Gasteiger partial charge in [-0.25, -0.2) is 14.8 Å². The van der Waals surface area contributed by atoms with E-state index in [9.17, 15) is 18.0 Å². The van der Waals surface area contributed by atoms with Gasteiger partial charge in [0.1, 0.15) is 11.3 Å². The summed E-state index contributed by atoms with van der Waals surface area (Å²) in [4.78, 5) is 23.6. The van der Waals surface area contributed by atoms with Gasteiger partial charge in [0, 0.05) is 6.20 Å². The van der Waals surface area contributed by atoms with Crippen LogP contribution in [0, 0.1) is 6.92 Å². The summed E-state index contributed by atoms with van der Waals surface area (Å²) in [5, 5.41) is 2.27. The van der Waals surface area contributed by atoms with E-state index < -0.39 is 23.4 Å². The molecule has 0 spiro atoms. The van der Waals surface area contributed by atoms with E-state index in [4.69, 9.17) is 16.3 Å². The molecule has 140 valence electrons. The number of carbonyl (C=O) groups excluding carboxylic acids is 1. The highest BCUT2D eigenvalue weighted by Crippen LogP contribution is 2.33. The third kappa shape index (κ3) is 5.04. The van der Waals surface area contributed by atoms with E-state index in [1.165, 1.54) is 6.20 Å². The number of aromatic nitrogens is 3. The van der Waals surface area contributed by atoms with Gasteiger partial charge in [0.25, 0.3) is 0 Å². The molecule has 0 atom stereocenters. The summed E-state index contributed by atoms with van der Waals surface area (Å²) in [6.07, 6.45) is -3.26. The monoisotopic (exact) mass is 388 g/mol. The molecule has 0 aliphatic heterocycles. The maximum absolute atomic E-state index is 12.7. The molecular weight excluding hydrogens is 373 g/mol. The van der Waals surface area contributed by atoms with Crippen molar-refractivity contribution in [3.63, 3.8) is 0 Å². The van der Waals surface area contributed by atoms with Gasteiger partial charge in [-0.15, -0.1) is 0 Å². The molecule has 0 saturated heterocycles. The summed E-state index contributed by atoms with van der Waals surface area (Å²) in [6, 6.07) is 0.759. The molecule has 0 unspecified atom stereocenters. The Morgan fingerprint density at radius 1 is 1.19 bits per heavy atom. The van der Waals surface area contributed by atoms with Crippen LogP contribution in [0.1, 0.15) is 32.0 Å². The Bertz CT molecular complexity index is 835. The van der Waals surface area contributed by atoms with Crippen molar-refractivity contribution in [1.29, 1.82) is 0 Å². The van der Waals surface area contributed by atoms with Crippen LogP contribution in [-0.4, -0.2) is 26.6 Å². The van der Waals surface area contributed by atoms with Gasteiger partial charge in [0.05, 0.1) is 28.2 Å². The maximum atomic E-state index is 12.7. The fourth-order valence-electron chi connectivity index (χ4n) is 1.87. The number of ether oxygens (including phenoxy) is 1. The predicted octanol–water partition coefficient (Wildman–Crippen LogP) is 4.87. The van der Waals surface area contributed by atoms with E-state index in [1.807, 2.05) is 0 Å². The lowest BCUT2D eigenvalue weighted by molar-refractivity contribution is -0.137. The van der Waals surface area contributed by atoms with Crippen LogP contribution in [0.5, 0.6) is 0 Å². The molecule has 2 aromatic heterocycles. The summed E-state index contributed by atoms with van der Waals surface area (Å²) in [5.41, 5.74) is -0.960. The minimum absolute atomic E-state index is 0.00610. The number of carbonyl (C=O) groups is 1. The summed E-state index contributed by atoms with van der Waals surface area (Å²) >= 11 is 5.89. The molecule has 10 heteroatoms. The molecular formula is C16H16ClF3N4O2. The first kappa shape index (κ1) is 19.9. The van der Waals surface area contributed by atoms with E-state index >= 15 is 0 Å². The van der Waals surface area contributed by atoms with Crippen molar-refractivity contribution in [3.8, 4) is 11.5 Å². The number of rotatable bonds is 2. The Balaban J connectivity index is 2.26. The molecule has 0 fully saturated rings.